The van der Waals surface area contributed by atoms with Crippen molar-refractivity contribution in [2.24, 2.45) is 23.2 Å². The molecule has 3 fully saturated rings. The van der Waals surface area contributed by atoms with Gasteiger partial charge in [0.05, 0.1) is 6.10 Å². The Kier molecular flexibility index (Phi) is 8.77. The minimum absolute atomic E-state index is 0.0339. The molecule has 0 aromatic heterocycles. The number of fused-ring (bicyclic) bond motifs is 5. The van der Waals surface area contributed by atoms with E-state index < -0.39 is 0 Å². The Hall–Kier alpha value is -1.36. The smallest absolute Gasteiger partial charge is 0.244 e. The van der Waals surface area contributed by atoms with Crippen LogP contribution in [0.5, 0.6) is 0 Å². The average molecular weight is 435 g/mol. The highest BCUT2D eigenvalue weighted by molar-refractivity contribution is 5.89. The van der Waals surface area contributed by atoms with Crippen LogP contribution >= 0.6 is 0 Å². The highest BCUT2D eigenvalue weighted by Crippen LogP contribution is 2.55. The normalized spacial score (nSPS) is 38.9. The van der Waals surface area contributed by atoms with E-state index in [-0.39, 0.29) is 34.9 Å². The zero-order valence-electron chi connectivity index (χ0n) is 21.1. The molecular weight excluding hydrogens is 388 g/mol. The van der Waals surface area contributed by atoms with E-state index in [2.05, 4.69) is 45.3 Å². The zero-order valence-corrected chi connectivity index (χ0v) is 21.1. The van der Waals surface area contributed by atoms with E-state index in [1.165, 1.54) is 5.57 Å². The third kappa shape index (κ3) is 5.53. The van der Waals surface area contributed by atoms with Crippen molar-refractivity contribution in [1.82, 2.24) is 10.6 Å². The first-order valence-electron chi connectivity index (χ1n) is 12.4. The van der Waals surface area contributed by atoms with Gasteiger partial charge in [0.25, 0.3) is 0 Å². The second-order valence-corrected chi connectivity index (χ2v) is 10.7. The molecule has 2 heterocycles. The molecule has 31 heavy (non-hydrogen) atoms. The van der Waals surface area contributed by atoms with Crippen molar-refractivity contribution in [3.8, 4) is 0 Å². The summed E-state index contributed by atoms with van der Waals surface area (Å²) in [5.74, 6) is 1.78. The lowest BCUT2D eigenvalue weighted by atomic mass is 9.53. The first-order chi connectivity index (χ1) is 14.6. The Bertz CT molecular complexity index is 671. The van der Waals surface area contributed by atoms with Gasteiger partial charge in [0.15, 0.2) is 0 Å². The fourth-order valence-corrected chi connectivity index (χ4v) is 6.15. The van der Waals surface area contributed by atoms with Crippen LogP contribution < -0.4 is 10.6 Å². The number of carbonyl (C=O) groups excluding carboxylic acids is 2. The number of amides is 2. The summed E-state index contributed by atoms with van der Waals surface area (Å²) in [6.45, 7) is 15.0. The van der Waals surface area contributed by atoms with E-state index in [1.54, 1.807) is 7.11 Å². The number of ether oxygens (including phenoxy) is 1. The minimum Gasteiger partial charge on any atom is -0.381 e. The Morgan fingerprint density at radius 1 is 1.03 bits per heavy atom. The van der Waals surface area contributed by atoms with Gasteiger partial charge < -0.3 is 15.4 Å². The molecule has 4 unspecified atom stereocenters. The van der Waals surface area contributed by atoms with Crippen LogP contribution in [0.4, 0.5) is 0 Å². The van der Waals surface area contributed by atoms with Crippen molar-refractivity contribution >= 4 is 11.8 Å². The van der Waals surface area contributed by atoms with Crippen LogP contribution in [0.3, 0.4) is 0 Å². The van der Waals surface area contributed by atoms with Gasteiger partial charge in [-0.25, -0.2) is 0 Å². The summed E-state index contributed by atoms with van der Waals surface area (Å²) in [7, 11) is 1.77. The Labute approximate surface area is 190 Å². The SMILES string of the molecule is CC.CC(C)C.COC1CCC2(C)C(=CC(=O)NC3[C@@H]4CCC(=O)NC4(C)CC[C@@H]32)C1. The maximum absolute atomic E-state index is 12.7. The first kappa shape index (κ1) is 25.9. The standard InChI is InChI=1S/C20H30N2O3.C4H10.C2H6/c1-19-8-6-13(25-3)10-12(19)11-17(24)21-18-14(19)7-9-20(2)15(18)4-5-16(23)22-20;1-4(2)3;1-2/h11,13-15,18H,4-10H2,1-3H3,(H,21,24)(H,22,23);4H,1-3H3;1-2H3/t13?,14-,15-,18?,19?,20?;;/m0../s1. The van der Waals surface area contributed by atoms with Crippen LogP contribution in [-0.2, 0) is 14.3 Å². The molecule has 4 rings (SSSR count). The molecule has 2 aliphatic heterocycles. The van der Waals surface area contributed by atoms with E-state index in [1.807, 2.05) is 19.9 Å². The predicted molar refractivity (Wildman–Crippen MR) is 127 cm³/mol. The fourth-order valence-electron chi connectivity index (χ4n) is 6.15. The molecule has 0 bridgehead atoms. The van der Waals surface area contributed by atoms with Crippen LogP contribution in [0.25, 0.3) is 0 Å². The van der Waals surface area contributed by atoms with Gasteiger partial charge in [0.2, 0.25) is 11.8 Å². The van der Waals surface area contributed by atoms with Crippen LogP contribution in [-0.4, -0.2) is 36.6 Å². The van der Waals surface area contributed by atoms with E-state index in [0.717, 1.165) is 44.4 Å². The quantitative estimate of drug-likeness (QED) is 0.610. The Morgan fingerprint density at radius 2 is 1.68 bits per heavy atom. The number of methoxy groups -OCH3 is 1. The Balaban J connectivity index is 0.000000513. The van der Waals surface area contributed by atoms with Crippen LogP contribution in [0.15, 0.2) is 11.6 Å². The summed E-state index contributed by atoms with van der Waals surface area (Å²) in [6, 6.07) is 0.143. The third-order valence-electron chi connectivity index (χ3n) is 7.70. The largest absolute Gasteiger partial charge is 0.381 e. The van der Waals surface area contributed by atoms with E-state index in [0.29, 0.717) is 18.3 Å². The maximum Gasteiger partial charge on any atom is 0.244 e. The van der Waals surface area contributed by atoms with Crippen LogP contribution in [0.1, 0.15) is 93.4 Å². The van der Waals surface area contributed by atoms with Gasteiger partial charge in [-0.1, -0.05) is 47.1 Å². The predicted octanol–water partition coefficient (Wildman–Crippen LogP) is 5.00. The van der Waals surface area contributed by atoms with Gasteiger partial charge in [0.1, 0.15) is 0 Å². The van der Waals surface area contributed by atoms with Crippen molar-refractivity contribution in [2.45, 2.75) is 111 Å². The molecule has 4 aliphatic rings. The molecule has 0 spiro atoms. The van der Waals surface area contributed by atoms with Crippen molar-refractivity contribution in [2.75, 3.05) is 7.11 Å². The molecule has 5 nitrogen and oxygen atoms in total. The number of hydrogen-bond acceptors (Lipinski definition) is 3. The minimum atomic E-state index is -0.186. The summed E-state index contributed by atoms with van der Waals surface area (Å²) in [5, 5.41) is 6.56. The van der Waals surface area contributed by atoms with Crippen molar-refractivity contribution in [1.29, 1.82) is 0 Å². The lowest BCUT2D eigenvalue weighted by molar-refractivity contribution is -0.130. The molecule has 2 N–H and O–H groups in total. The lowest BCUT2D eigenvalue weighted by Crippen LogP contribution is -2.66. The molecule has 1 saturated heterocycles. The highest BCUT2D eigenvalue weighted by Gasteiger charge is 2.56. The van der Waals surface area contributed by atoms with Crippen LogP contribution in [0.2, 0.25) is 0 Å². The zero-order chi connectivity index (χ0) is 23.4. The summed E-state index contributed by atoms with van der Waals surface area (Å²) < 4.78 is 5.59. The van der Waals surface area contributed by atoms with Gasteiger partial charge in [-0.05, 0) is 62.7 Å². The molecule has 0 radical (unpaired) electrons. The molecule has 0 aromatic carbocycles. The summed E-state index contributed by atoms with van der Waals surface area (Å²) in [6.07, 6.45) is 8.55. The summed E-state index contributed by atoms with van der Waals surface area (Å²) in [5.41, 5.74) is 1.13. The topological polar surface area (TPSA) is 67.4 Å². The van der Waals surface area contributed by atoms with Gasteiger partial charge >= 0.3 is 0 Å². The first-order valence-corrected chi connectivity index (χ1v) is 12.4. The van der Waals surface area contributed by atoms with Gasteiger partial charge in [0, 0.05) is 37.1 Å². The molecular formula is C26H46N2O3. The number of nitrogens with one attached hydrogen (secondary N) is 2. The monoisotopic (exact) mass is 434 g/mol. The maximum atomic E-state index is 12.7. The van der Waals surface area contributed by atoms with Gasteiger partial charge in [-0.3, -0.25) is 9.59 Å². The fraction of sp³-hybridized carbons (Fsp3) is 0.846. The van der Waals surface area contributed by atoms with Crippen LogP contribution in [0, 0.1) is 23.2 Å². The third-order valence-corrected chi connectivity index (χ3v) is 7.70. The molecule has 2 saturated carbocycles. The van der Waals surface area contributed by atoms with E-state index in [4.69, 9.17) is 4.74 Å². The number of carbonyl (C=O) groups is 2. The second kappa shape index (κ2) is 10.5. The van der Waals surface area contributed by atoms with Gasteiger partial charge in [-0.15, -0.1) is 0 Å². The molecule has 0 aromatic rings. The van der Waals surface area contributed by atoms with E-state index >= 15 is 0 Å². The lowest BCUT2D eigenvalue weighted by Gasteiger charge is -2.56. The number of hydrogen-bond donors (Lipinski definition) is 2. The summed E-state index contributed by atoms with van der Waals surface area (Å²) in [4.78, 5) is 24.6. The number of piperidine rings is 1. The molecule has 2 aliphatic carbocycles. The van der Waals surface area contributed by atoms with E-state index in [9.17, 15) is 9.59 Å². The Morgan fingerprint density at radius 3 is 2.29 bits per heavy atom. The molecule has 2 amide bonds. The number of rotatable bonds is 1. The van der Waals surface area contributed by atoms with Gasteiger partial charge in [-0.2, -0.15) is 0 Å². The van der Waals surface area contributed by atoms with Crippen molar-refractivity contribution in [3.05, 3.63) is 11.6 Å². The van der Waals surface area contributed by atoms with Crippen molar-refractivity contribution in [3.63, 3.8) is 0 Å². The highest BCUT2D eigenvalue weighted by atomic mass is 16.5. The summed E-state index contributed by atoms with van der Waals surface area (Å²) >= 11 is 0. The molecule has 178 valence electrons. The average Bonchev–Trinajstić information content (AvgIpc) is 2.80. The van der Waals surface area contributed by atoms with Crippen molar-refractivity contribution < 1.29 is 14.3 Å². The molecule has 5 heteroatoms. The molecule has 6 atom stereocenters. The second-order valence-electron chi connectivity index (χ2n) is 10.7.